The number of fused-ring (bicyclic) bond motifs is 1. The summed E-state index contributed by atoms with van der Waals surface area (Å²) < 4.78 is 4.69. The zero-order valence-electron chi connectivity index (χ0n) is 26.7. The molecule has 1 saturated heterocycles. The lowest BCUT2D eigenvalue weighted by atomic mass is 9.83. The van der Waals surface area contributed by atoms with E-state index in [1.54, 1.807) is 4.90 Å². The minimum absolute atomic E-state index is 0.0353. The average molecular weight is 617 g/mol. The molecule has 6 N–H and O–H groups in total. The first-order valence-corrected chi connectivity index (χ1v) is 16.0. The number of rotatable bonds is 11. The van der Waals surface area contributed by atoms with Crippen molar-refractivity contribution in [2.75, 3.05) is 6.61 Å². The number of nitrogens with two attached hydrogens (primary N) is 1. The molecular formula is C33H52N4O7. The van der Waals surface area contributed by atoms with E-state index >= 15 is 0 Å². The van der Waals surface area contributed by atoms with Crippen LogP contribution in [0.4, 0.5) is 0 Å². The molecule has 2 aliphatic carbocycles. The summed E-state index contributed by atoms with van der Waals surface area (Å²) >= 11 is 0. The molecule has 11 heteroatoms. The van der Waals surface area contributed by atoms with Gasteiger partial charge < -0.3 is 36.2 Å². The van der Waals surface area contributed by atoms with Crippen molar-refractivity contribution in [3.8, 4) is 0 Å². The summed E-state index contributed by atoms with van der Waals surface area (Å²) in [7, 11) is 0. The second-order valence-electron chi connectivity index (χ2n) is 13.4. The van der Waals surface area contributed by atoms with Crippen LogP contribution in [0.2, 0.25) is 0 Å². The van der Waals surface area contributed by atoms with E-state index < -0.39 is 48.1 Å². The number of benzene rings is 1. The van der Waals surface area contributed by atoms with Crippen LogP contribution in [0, 0.1) is 11.3 Å². The van der Waals surface area contributed by atoms with Gasteiger partial charge in [-0.2, -0.15) is 0 Å². The number of esters is 1. The lowest BCUT2D eigenvalue weighted by molar-refractivity contribution is -0.148. The molecule has 3 unspecified atom stereocenters. The number of aliphatic hydroxyl groups excluding tert-OH is 2. The molecule has 11 nitrogen and oxygen atoms in total. The van der Waals surface area contributed by atoms with E-state index in [1.165, 1.54) is 0 Å². The zero-order chi connectivity index (χ0) is 32.4. The van der Waals surface area contributed by atoms with E-state index in [0.717, 1.165) is 44.1 Å². The van der Waals surface area contributed by atoms with Crippen molar-refractivity contribution in [3.05, 3.63) is 35.9 Å². The van der Waals surface area contributed by atoms with E-state index in [0.29, 0.717) is 25.2 Å². The summed E-state index contributed by atoms with van der Waals surface area (Å²) in [4.78, 5) is 51.5. The van der Waals surface area contributed by atoms with E-state index in [1.807, 2.05) is 58.0 Å². The van der Waals surface area contributed by atoms with Gasteiger partial charge in [0.05, 0.1) is 12.1 Å². The minimum Gasteiger partial charge on any atom is -0.459 e. The summed E-state index contributed by atoms with van der Waals surface area (Å²) in [5.74, 6) is -1.20. The first-order chi connectivity index (χ1) is 20.9. The number of nitrogens with one attached hydrogen (secondary N) is 2. The fourth-order valence-corrected chi connectivity index (χ4v) is 5.92. The highest BCUT2D eigenvalue weighted by Gasteiger charge is 2.50. The maximum absolute atomic E-state index is 13.5. The van der Waals surface area contributed by atoms with Crippen molar-refractivity contribution in [1.29, 1.82) is 0 Å². The molecule has 0 aromatic heterocycles. The Labute approximate surface area is 261 Å². The Morgan fingerprint density at radius 2 is 1.73 bits per heavy atom. The van der Waals surface area contributed by atoms with E-state index in [-0.39, 0.29) is 30.5 Å². The number of likely N-dealkylation sites (tertiary alicyclic amines) is 1. The van der Waals surface area contributed by atoms with Crippen LogP contribution in [-0.2, 0) is 30.5 Å². The van der Waals surface area contributed by atoms with Crippen LogP contribution in [0.1, 0.15) is 91.0 Å². The fourth-order valence-electron chi connectivity index (χ4n) is 5.92. The third-order valence-electron chi connectivity index (χ3n) is 8.72. The maximum Gasteiger partial charge on any atom is 0.332 e. The average Bonchev–Trinajstić information content (AvgIpc) is 3.74. The predicted molar refractivity (Wildman–Crippen MR) is 166 cm³/mol. The summed E-state index contributed by atoms with van der Waals surface area (Å²) in [6, 6.07) is 7.51. The van der Waals surface area contributed by atoms with Gasteiger partial charge in [-0.1, -0.05) is 77.3 Å². The van der Waals surface area contributed by atoms with Gasteiger partial charge >= 0.3 is 5.97 Å². The Morgan fingerprint density at radius 1 is 1.07 bits per heavy atom. The van der Waals surface area contributed by atoms with Gasteiger partial charge in [0.25, 0.3) is 5.91 Å². The summed E-state index contributed by atoms with van der Waals surface area (Å²) in [6.07, 6.45) is 6.43. The number of hydrogen-bond acceptors (Lipinski definition) is 8. The minimum atomic E-state index is -1.30. The number of amides is 3. The molecular weight excluding hydrogens is 564 g/mol. The molecule has 4 rings (SSSR count). The van der Waals surface area contributed by atoms with Gasteiger partial charge in [0.15, 0.2) is 6.10 Å². The van der Waals surface area contributed by atoms with Crippen LogP contribution >= 0.6 is 0 Å². The van der Waals surface area contributed by atoms with Crippen molar-refractivity contribution < 1.29 is 34.1 Å². The molecule has 3 amide bonds. The monoisotopic (exact) mass is 616 g/mol. The first kappa shape index (κ1) is 35.5. The van der Waals surface area contributed by atoms with Gasteiger partial charge in [-0.15, -0.1) is 0 Å². The summed E-state index contributed by atoms with van der Waals surface area (Å²) in [6.45, 7) is 7.42. The molecule has 1 aliphatic heterocycles. The third kappa shape index (κ3) is 10.0. The van der Waals surface area contributed by atoms with Crippen molar-refractivity contribution in [2.24, 2.45) is 17.1 Å². The fraction of sp³-hybridized carbons (Fsp3) is 0.697. The van der Waals surface area contributed by atoms with Crippen LogP contribution in [0.3, 0.4) is 0 Å². The Balaban J connectivity index is 0.000000369. The van der Waals surface area contributed by atoms with Crippen LogP contribution in [0.5, 0.6) is 0 Å². The molecule has 0 bridgehead atoms. The number of nitrogens with zero attached hydrogens (tertiary/aromatic N) is 1. The first-order valence-electron chi connectivity index (χ1n) is 16.0. The van der Waals surface area contributed by atoms with E-state index in [2.05, 4.69) is 15.4 Å². The van der Waals surface area contributed by atoms with Crippen molar-refractivity contribution >= 4 is 23.7 Å². The normalized spacial score (nSPS) is 23.2. The molecule has 3 fully saturated rings. The molecule has 2 saturated carbocycles. The number of ether oxygens (including phenoxy) is 1. The summed E-state index contributed by atoms with van der Waals surface area (Å²) in [5.41, 5.74) is 6.84. The highest BCUT2D eigenvalue weighted by Crippen LogP contribution is 2.41. The van der Waals surface area contributed by atoms with Gasteiger partial charge in [-0.05, 0) is 55.4 Å². The highest BCUT2D eigenvalue weighted by molar-refractivity contribution is 5.92. The van der Waals surface area contributed by atoms with Crippen LogP contribution in [0.25, 0.3) is 0 Å². The van der Waals surface area contributed by atoms with Crippen LogP contribution in [-0.4, -0.2) is 81.7 Å². The number of aliphatic hydroxyl groups is 2. The summed E-state index contributed by atoms with van der Waals surface area (Å²) in [5, 5.41) is 24.7. The SMILES string of the molecule is CCC[C@H](NC(=O)[C@@H]1CC2CCCCC2N1C(=O)[C@@H](N)C(C)(C)C)C(O)C(=O)NC1CC1.O=C(CO)OCc1ccccc1. The number of hydrogen-bond donors (Lipinski definition) is 5. The number of carbonyl (C=O) groups is 4. The molecule has 44 heavy (non-hydrogen) atoms. The Bertz CT molecular complexity index is 1110. The van der Waals surface area contributed by atoms with Gasteiger partial charge in [-0.25, -0.2) is 4.79 Å². The zero-order valence-corrected chi connectivity index (χ0v) is 26.7. The Morgan fingerprint density at radius 3 is 2.32 bits per heavy atom. The molecule has 0 radical (unpaired) electrons. The van der Waals surface area contributed by atoms with Gasteiger partial charge in [0.1, 0.15) is 19.3 Å². The molecule has 1 heterocycles. The predicted octanol–water partition coefficient (Wildman–Crippen LogP) is 2.17. The molecule has 3 aliphatic rings. The second kappa shape index (κ2) is 16.3. The van der Waals surface area contributed by atoms with E-state index in [4.69, 9.17) is 10.8 Å². The van der Waals surface area contributed by atoms with Crippen molar-refractivity contribution in [3.63, 3.8) is 0 Å². The lowest BCUT2D eigenvalue weighted by Crippen LogP contribution is -2.59. The largest absolute Gasteiger partial charge is 0.459 e. The van der Waals surface area contributed by atoms with Gasteiger partial charge in [0.2, 0.25) is 11.8 Å². The Hall–Kier alpha value is -3.02. The Kier molecular flexibility index (Phi) is 13.2. The quantitative estimate of drug-likeness (QED) is 0.236. The lowest BCUT2D eigenvalue weighted by Gasteiger charge is -2.38. The molecule has 6 atom stereocenters. The second-order valence-corrected chi connectivity index (χ2v) is 13.4. The molecule has 0 spiro atoms. The topological polar surface area (TPSA) is 171 Å². The van der Waals surface area contributed by atoms with E-state index in [9.17, 15) is 24.3 Å². The van der Waals surface area contributed by atoms with Gasteiger partial charge in [0, 0.05) is 12.1 Å². The smallest absolute Gasteiger partial charge is 0.332 e. The molecule has 1 aromatic rings. The third-order valence-corrected chi connectivity index (χ3v) is 8.72. The molecule has 246 valence electrons. The molecule has 1 aromatic carbocycles. The van der Waals surface area contributed by atoms with Crippen molar-refractivity contribution in [1.82, 2.24) is 15.5 Å². The maximum atomic E-state index is 13.5. The van der Waals surface area contributed by atoms with Crippen LogP contribution < -0.4 is 16.4 Å². The van der Waals surface area contributed by atoms with Gasteiger partial charge in [-0.3, -0.25) is 14.4 Å². The van der Waals surface area contributed by atoms with Crippen molar-refractivity contribution in [2.45, 2.75) is 128 Å². The number of carbonyl (C=O) groups excluding carboxylic acids is 4. The standard InChI is InChI=1S/C24H42N4O4.C9H10O3/c1-5-8-16(19(29)22(31)26-15-11-12-15)27-21(30)18-13-14-9-6-7-10-17(14)28(18)23(32)20(25)24(2,3)4;10-6-9(11)12-7-8-4-2-1-3-5-8/h14-20,29H,5-13,25H2,1-4H3,(H,26,31)(H,27,30);1-5,10H,6-7H2/t14?,16-,17?,18-,19?,20+;/m0./s1. The highest BCUT2D eigenvalue weighted by atomic mass is 16.5. The van der Waals surface area contributed by atoms with Crippen LogP contribution in [0.15, 0.2) is 30.3 Å².